The summed E-state index contributed by atoms with van der Waals surface area (Å²) in [5.74, 6) is 0. The summed E-state index contributed by atoms with van der Waals surface area (Å²) >= 11 is 4.45. The fourth-order valence-electron chi connectivity index (χ4n) is 2.19. The third-order valence-corrected chi connectivity index (χ3v) is 6.77. The van der Waals surface area contributed by atoms with Gasteiger partial charge in [0, 0.05) is 15.0 Å². The van der Waals surface area contributed by atoms with Crippen LogP contribution < -0.4 is 0 Å². The number of benzene rings is 2. The number of rotatable bonds is 2. The molecule has 0 unspecified atom stereocenters. The van der Waals surface area contributed by atoms with E-state index in [1.54, 1.807) is 11.3 Å². The Morgan fingerprint density at radius 2 is 1.55 bits per heavy atom. The fourth-order valence-corrected chi connectivity index (χ4v) is 5.83. The van der Waals surface area contributed by atoms with E-state index in [9.17, 15) is 4.39 Å². The fraction of sp³-hybridized carbons (Fsp3) is 0. The second-order valence-corrected chi connectivity index (χ2v) is 7.48. The van der Waals surface area contributed by atoms with Crippen molar-refractivity contribution < 1.29 is 4.39 Å². The first kappa shape index (κ1) is 12.4. The van der Waals surface area contributed by atoms with Gasteiger partial charge in [-0.15, -0.1) is 22.7 Å². The third kappa shape index (κ3) is 1.95. The number of halogens is 1. The van der Waals surface area contributed by atoms with Gasteiger partial charge in [-0.1, -0.05) is 48.2 Å². The molecule has 2 heterocycles. The molecule has 0 amide bonds. The Bertz CT molecular complexity index is 890. The first-order valence-electron chi connectivity index (χ1n) is 6.15. The Kier molecular flexibility index (Phi) is 3.02. The maximum atomic E-state index is 14.3. The molecule has 0 saturated carbocycles. The zero-order valence-corrected chi connectivity index (χ0v) is 12.7. The van der Waals surface area contributed by atoms with Crippen molar-refractivity contribution in [3.8, 4) is 0 Å². The summed E-state index contributed by atoms with van der Waals surface area (Å²) in [6.45, 7) is 0. The van der Waals surface area contributed by atoms with Crippen molar-refractivity contribution in [2.45, 2.75) is 9.79 Å². The highest BCUT2D eigenvalue weighted by Crippen LogP contribution is 2.47. The Morgan fingerprint density at radius 1 is 0.800 bits per heavy atom. The van der Waals surface area contributed by atoms with E-state index in [0.29, 0.717) is 0 Å². The molecule has 0 nitrogen and oxygen atoms in total. The van der Waals surface area contributed by atoms with Gasteiger partial charge in [-0.25, -0.2) is 0 Å². The quantitative estimate of drug-likeness (QED) is 0.412. The zero-order chi connectivity index (χ0) is 13.5. The molecule has 98 valence electrons. The first-order valence-corrected chi connectivity index (χ1v) is 8.60. The highest BCUT2D eigenvalue weighted by atomic mass is 32.2. The number of thiophene rings is 2. The second kappa shape index (κ2) is 4.88. The Balaban J connectivity index is 1.92. The van der Waals surface area contributed by atoms with E-state index in [0.717, 1.165) is 24.6 Å². The average Bonchev–Trinajstić information content (AvgIpc) is 2.98. The molecule has 0 fully saturated rings. The van der Waals surface area contributed by atoms with E-state index in [1.165, 1.54) is 27.8 Å². The molecule has 0 bridgehead atoms. The molecular weight excluding hydrogens is 307 g/mol. The molecule has 2 aromatic carbocycles. The molecule has 0 radical (unpaired) electrons. The smallest absolute Gasteiger partial charge is 0.192 e. The van der Waals surface area contributed by atoms with Crippen LogP contribution in [0.3, 0.4) is 0 Å². The van der Waals surface area contributed by atoms with E-state index in [-0.39, 0.29) is 5.13 Å². The first-order chi connectivity index (χ1) is 9.83. The lowest BCUT2D eigenvalue weighted by Crippen LogP contribution is -1.72. The maximum Gasteiger partial charge on any atom is 0.192 e. The van der Waals surface area contributed by atoms with Gasteiger partial charge in [0.25, 0.3) is 0 Å². The zero-order valence-electron chi connectivity index (χ0n) is 10.3. The molecule has 0 N–H and O–H groups in total. The van der Waals surface area contributed by atoms with Crippen molar-refractivity contribution in [1.29, 1.82) is 0 Å². The Hall–Kier alpha value is -1.36. The lowest BCUT2D eigenvalue weighted by Gasteiger charge is -1.98. The summed E-state index contributed by atoms with van der Waals surface area (Å²) in [6.07, 6.45) is 0. The van der Waals surface area contributed by atoms with Gasteiger partial charge in [0.15, 0.2) is 5.13 Å². The van der Waals surface area contributed by atoms with Gasteiger partial charge >= 0.3 is 0 Å². The minimum Gasteiger partial charge on any atom is -0.194 e. The summed E-state index contributed by atoms with van der Waals surface area (Å²) < 4.78 is 17.6. The molecule has 4 heteroatoms. The van der Waals surface area contributed by atoms with Gasteiger partial charge in [0.1, 0.15) is 0 Å². The van der Waals surface area contributed by atoms with Crippen LogP contribution in [-0.2, 0) is 0 Å². The molecular formula is C16H9FS3. The van der Waals surface area contributed by atoms with Crippen LogP contribution in [0.25, 0.3) is 19.5 Å². The molecule has 0 atom stereocenters. The molecule has 0 aliphatic carbocycles. The maximum absolute atomic E-state index is 14.3. The minimum atomic E-state index is -0.0779. The van der Waals surface area contributed by atoms with Crippen LogP contribution in [0.5, 0.6) is 0 Å². The van der Waals surface area contributed by atoms with Crippen LogP contribution in [-0.4, -0.2) is 0 Å². The third-order valence-electron chi connectivity index (χ3n) is 3.09. The van der Waals surface area contributed by atoms with Crippen LogP contribution in [0.1, 0.15) is 0 Å². The van der Waals surface area contributed by atoms with Gasteiger partial charge in [0.2, 0.25) is 0 Å². The summed E-state index contributed by atoms with van der Waals surface area (Å²) in [4.78, 5) is 1.83. The second-order valence-electron chi connectivity index (χ2n) is 4.38. The Labute approximate surface area is 127 Å². The van der Waals surface area contributed by atoms with Crippen molar-refractivity contribution in [1.82, 2.24) is 0 Å². The van der Waals surface area contributed by atoms with Gasteiger partial charge in [-0.3, -0.25) is 0 Å². The molecule has 0 aliphatic heterocycles. The van der Waals surface area contributed by atoms with E-state index in [4.69, 9.17) is 0 Å². The van der Waals surface area contributed by atoms with E-state index in [1.807, 2.05) is 42.5 Å². The van der Waals surface area contributed by atoms with Crippen LogP contribution in [0, 0.1) is 5.13 Å². The van der Waals surface area contributed by atoms with Gasteiger partial charge in [-0.05, 0) is 18.2 Å². The predicted molar refractivity (Wildman–Crippen MR) is 87.7 cm³/mol. The number of hydrogen-bond donors (Lipinski definition) is 0. The minimum absolute atomic E-state index is 0.0779. The van der Waals surface area contributed by atoms with Crippen molar-refractivity contribution in [3.05, 3.63) is 59.7 Å². The number of hydrogen-bond acceptors (Lipinski definition) is 3. The molecule has 4 rings (SSSR count). The molecule has 0 saturated heterocycles. The highest BCUT2D eigenvalue weighted by molar-refractivity contribution is 8.00. The molecule has 2 aromatic heterocycles. The summed E-state index contributed by atoms with van der Waals surface area (Å²) in [5, 5.41) is 1.09. The largest absolute Gasteiger partial charge is 0.194 e. The summed E-state index contributed by atoms with van der Waals surface area (Å²) in [5.41, 5.74) is 0. The lowest BCUT2D eigenvalue weighted by molar-refractivity contribution is 0.636. The van der Waals surface area contributed by atoms with E-state index < -0.39 is 0 Å². The lowest BCUT2D eigenvalue weighted by atomic mass is 10.2. The molecule has 20 heavy (non-hydrogen) atoms. The van der Waals surface area contributed by atoms with E-state index >= 15 is 0 Å². The monoisotopic (exact) mass is 316 g/mol. The van der Waals surface area contributed by atoms with E-state index in [2.05, 4.69) is 12.1 Å². The van der Waals surface area contributed by atoms with Crippen LogP contribution in [0.15, 0.2) is 64.4 Å². The SMILES string of the molecule is Fc1sc2c(sc3ccccc32)c1Sc1ccccc1. The van der Waals surface area contributed by atoms with Gasteiger partial charge in [-0.2, -0.15) is 4.39 Å². The van der Waals surface area contributed by atoms with Gasteiger partial charge in [0.05, 0.1) is 14.3 Å². The summed E-state index contributed by atoms with van der Waals surface area (Å²) in [7, 11) is 0. The Morgan fingerprint density at radius 3 is 2.40 bits per heavy atom. The van der Waals surface area contributed by atoms with Gasteiger partial charge < -0.3 is 0 Å². The average molecular weight is 316 g/mol. The molecule has 0 aliphatic rings. The highest BCUT2D eigenvalue weighted by Gasteiger charge is 2.17. The van der Waals surface area contributed by atoms with Crippen LogP contribution in [0.4, 0.5) is 4.39 Å². The normalized spacial score (nSPS) is 11.4. The standard InChI is InChI=1S/C16H9FS3/c17-16-15(18-10-6-2-1-3-7-10)14-13(20-16)11-8-4-5-9-12(11)19-14/h1-9H. The van der Waals surface area contributed by atoms with Crippen molar-refractivity contribution >= 4 is 53.9 Å². The van der Waals surface area contributed by atoms with Crippen LogP contribution in [0.2, 0.25) is 0 Å². The number of fused-ring (bicyclic) bond motifs is 3. The summed E-state index contributed by atoms with van der Waals surface area (Å²) in [6, 6.07) is 18.2. The van der Waals surface area contributed by atoms with Crippen molar-refractivity contribution in [3.63, 3.8) is 0 Å². The molecule has 4 aromatic rings. The van der Waals surface area contributed by atoms with Crippen molar-refractivity contribution in [2.75, 3.05) is 0 Å². The molecule has 0 spiro atoms. The topological polar surface area (TPSA) is 0 Å². The van der Waals surface area contributed by atoms with Crippen molar-refractivity contribution in [2.24, 2.45) is 0 Å². The van der Waals surface area contributed by atoms with Crippen LogP contribution >= 0.6 is 34.4 Å². The predicted octanol–water partition coefficient (Wildman–Crippen LogP) is 6.41.